The number of nitrogens with zero attached hydrogens (tertiary/aromatic N) is 1. The Morgan fingerprint density at radius 3 is 2.05 bits per heavy atom. The minimum Gasteiger partial charge on any atom is -0.283 e. The molecule has 188 valence electrons. The summed E-state index contributed by atoms with van der Waals surface area (Å²) in [5, 5.41) is 2.96. The van der Waals surface area contributed by atoms with Crippen molar-refractivity contribution in [3.8, 4) is 16.8 Å². The van der Waals surface area contributed by atoms with E-state index in [1.807, 2.05) is 28.9 Å². The molecule has 2 aliphatic carbocycles. The standard InChI is InChI=1S/C35H26N2O2/c38-33-32-35(18-16-25-11-5-2-6-12-25)20-19-34(35,17-15-24-9-3-1-4-10-24)30-23-29-27(22-31(30)37(32)36-39-33)21-26-13-7-8-14-28(26)29/h1-18,22-23H,19-21H2/p+1/b17-15+,18-16+. The highest BCUT2D eigenvalue weighted by Crippen LogP contribution is 2.63. The molecule has 1 aliphatic heterocycles. The van der Waals surface area contributed by atoms with Gasteiger partial charge in [0.1, 0.15) is 0 Å². The summed E-state index contributed by atoms with van der Waals surface area (Å²) in [5.74, 6) is 0. The summed E-state index contributed by atoms with van der Waals surface area (Å²) in [5.41, 5.74) is 9.13. The maximum Gasteiger partial charge on any atom is 0.431 e. The first-order chi connectivity index (χ1) is 19.2. The Morgan fingerprint density at radius 1 is 0.718 bits per heavy atom. The predicted molar refractivity (Wildman–Crippen MR) is 153 cm³/mol. The van der Waals surface area contributed by atoms with Gasteiger partial charge in [0, 0.05) is 17.0 Å². The van der Waals surface area contributed by atoms with Gasteiger partial charge in [0.25, 0.3) is 0 Å². The van der Waals surface area contributed by atoms with E-state index in [9.17, 15) is 4.79 Å². The molecule has 2 atom stereocenters. The van der Waals surface area contributed by atoms with E-state index in [2.05, 4.69) is 102 Å². The SMILES string of the molecule is O=c1o[nH][n+]2c1C1(/C=C/c3ccccc3)CCC1(/C=C/c1ccccc1)c1cc3c(cc1-2)Cc1ccccc1-3. The molecule has 1 fully saturated rings. The normalized spacial score (nSPS) is 22.2. The van der Waals surface area contributed by atoms with Gasteiger partial charge in [-0.2, -0.15) is 0 Å². The summed E-state index contributed by atoms with van der Waals surface area (Å²) in [4.78, 5) is 13.4. The minimum absolute atomic E-state index is 0.306. The van der Waals surface area contributed by atoms with Crippen LogP contribution in [0.4, 0.5) is 0 Å². The average Bonchev–Trinajstić information content (AvgIpc) is 3.53. The van der Waals surface area contributed by atoms with E-state index in [1.165, 1.54) is 27.8 Å². The molecule has 2 heterocycles. The van der Waals surface area contributed by atoms with E-state index < -0.39 is 10.8 Å². The maximum absolute atomic E-state index is 13.4. The van der Waals surface area contributed by atoms with Crippen molar-refractivity contribution in [1.29, 1.82) is 0 Å². The van der Waals surface area contributed by atoms with Gasteiger partial charge in [-0.25, -0.2) is 4.79 Å². The number of rotatable bonds is 4. The molecule has 0 amide bonds. The molecule has 39 heavy (non-hydrogen) atoms. The van der Waals surface area contributed by atoms with Gasteiger partial charge < -0.3 is 0 Å². The maximum atomic E-state index is 13.4. The third-order valence-electron chi connectivity index (χ3n) is 9.13. The zero-order chi connectivity index (χ0) is 26.0. The van der Waals surface area contributed by atoms with Crippen LogP contribution in [0.15, 0.2) is 119 Å². The second-order valence-electron chi connectivity index (χ2n) is 11.0. The highest BCUT2D eigenvalue weighted by Gasteiger charge is 2.69. The predicted octanol–water partition coefficient (Wildman–Crippen LogP) is 6.53. The number of H-pyrrole nitrogens is 1. The van der Waals surface area contributed by atoms with Gasteiger partial charge in [-0.05, 0) is 68.7 Å². The van der Waals surface area contributed by atoms with E-state index in [0.29, 0.717) is 5.69 Å². The smallest absolute Gasteiger partial charge is 0.283 e. The number of aromatic nitrogens is 2. The van der Waals surface area contributed by atoms with Crippen LogP contribution in [0.2, 0.25) is 0 Å². The van der Waals surface area contributed by atoms with Crippen molar-refractivity contribution in [2.45, 2.75) is 30.1 Å². The second kappa shape index (κ2) is 8.15. The second-order valence-corrected chi connectivity index (χ2v) is 11.0. The Kier molecular flexibility index (Phi) is 4.66. The Bertz CT molecular complexity index is 1860. The van der Waals surface area contributed by atoms with E-state index in [-0.39, 0.29) is 5.63 Å². The van der Waals surface area contributed by atoms with Gasteiger partial charge in [0.05, 0.1) is 5.41 Å². The lowest BCUT2D eigenvalue weighted by Crippen LogP contribution is -2.66. The number of fused-ring (bicyclic) bond motifs is 9. The lowest BCUT2D eigenvalue weighted by Gasteiger charge is -2.55. The Morgan fingerprint density at radius 2 is 1.36 bits per heavy atom. The molecule has 5 aromatic rings. The zero-order valence-electron chi connectivity index (χ0n) is 21.4. The number of hydrogen-bond acceptors (Lipinski definition) is 2. The fraction of sp³-hybridized carbons (Fsp3) is 0.143. The van der Waals surface area contributed by atoms with Crippen molar-refractivity contribution < 1.29 is 9.20 Å². The number of nitrogens with one attached hydrogen (secondary N) is 1. The van der Waals surface area contributed by atoms with Gasteiger partial charge in [-0.1, -0.05) is 109 Å². The fourth-order valence-electron chi connectivity index (χ4n) is 7.14. The lowest BCUT2D eigenvalue weighted by molar-refractivity contribution is -0.686. The van der Waals surface area contributed by atoms with Crippen LogP contribution < -0.4 is 10.3 Å². The number of benzene rings is 4. The molecule has 1 N–H and O–H groups in total. The topological polar surface area (TPSA) is 49.9 Å². The molecule has 4 aromatic carbocycles. The van der Waals surface area contributed by atoms with Crippen LogP contribution in [0.3, 0.4) is 0 Å². The molecule has 0 bridgehead atoms. The van der Waals surface area contributed by atoms with Crippen molar-refractivity contribution >= 4 is 12.2 Å². The Labute approximate surface area is 226 Å². The molecule has 2 unspecified atom stereocenters. The largest absolute Gasteiger partial charge is 0.431 e. The zero-order valence-corrected chi connectivity index (χ0v) is 21.4. The van der Waals surface area contributed by atoms with Crippen molar-refractivity contribution in [2.24, 2.45) is 0 Å². The Balaban J connectivity index is 1.41. The molecular formula is C35H27N2O2+. The van der Waals surface area contributed by atoms with Gasteiger partial charge in [-0.15, -0.1) is 0 Å². The van der Waals surface area contributed by atoms with Crippen molar-refractivity contribution in [2.75, 3.05) is 0 Å². The summed E-state index contributed by atoms with van der Waals surface area (Å²) in [6, 6.07) is 34.1. The molecule has 4 nitrogen and oxygen atoms in total. The van der Waals surface area contributed by atoms with Crippen molar-refractivity contribution in [3.05, 3.63) is 153 Å². The van der Waals surface area contributed by atoms with Crippen LogP contribution in [0.1, 0.15) is 46.4 Å². The van der Waals surface area contributed by atoms with E-state index in [0.717, 1.165) is 36.1 Å². The molecule has 0 spiro atoms. The molecule has 0 radical (unpaired) electrons. The molecule has 8 rings (SSSR count). The number of allylic oxidation sites excluding steroid dienone is 2. The summed E-state index contributed by atoms with van der Waals surface area (Å²) in [6.45, 7) is 0. The van der Waals surface area contributed by atoms with Crippen LogP contribution in [-0.2, 0) is 17.3 Å². The van der Waals surface area contributed by atoms with Crippen LogP contribution in [-0.4, -0.2) is 5.27 Å². The summed E-state index contributed by atoms with van der Waals surface area (Å²) >= 11 is 0. The summed E-state index contributed by atoms with van der Waals surface area (Å²) in [7, 11) is 0. The van der Waals surface area contributed by atoms with Crippen LogP contribution in [0.25, 0.3) is 29.0 Å². The first-order valence-corrected chi connectivity index (χ1v) is 13.6. The first kappa shape index (κ1) is 22.3. The molecule has 1 aromatic heterocycles. The molecular weight excluding hydrogens is 480 g/mol. The Hall–Kier alpha value is -4.70. The molecule has 0 saturated heterocycles. The van der Waals surface area contributed by atoms with Crippen molar-refractivity contribution in [3.63, 3.8) is 0 Å². The number of aromatic amines is 1. The quantitative estimate of drug-likeness (QED) is 0.276. The van der Waals surface area contributed by atoms with Crippen LogP contribution >= 0.6 is 0 Å². The van der Waals surface area contributed by atoms with Crippen LogP contribution in [0.5, 0.6) is 0 Å². The minimum atomic E-state index is -0.548. The molecule has 3 aliphatic rings. The van der Waals surface area contributed by atoms with E-state index in [1.54, 1.807) is 0 Å². The lowest BCUT2D eigenvalue weighted by atomic mass is 9.44. The van der Waals surface area contributed by atoms with E-state index >= 15 is 0 Å². The first-order valence-electron chi connectivity index (χ1n) is 13.6. The van der Waals surface area contributed by atoms with Gasteiger partial charge >= 0.3 is 11.3 Å². The third-order valence-corrected chi connectivity index (χ3v) is 9.13. The van der Waals surface area contributed by atoms with E-state index in [4.69, 9.17) is 4.52 Å². The molecule has 1 saturated carbocycles. The molecule has 4 heteroatoms. The van der Waals surface area contributed by atoms with Gasteiger partial charge in [0.15, 0.2) is 0 Å². The summed E-state index contributed by atoms with van der Waals surface area (Å²) in [6.07, 6.45) is 11.7. The van der Waals surface area contributed by atoms with Crippen LogP contribution in [0, 0.1) is 0 Å². The highest BCUT2D eigenvalue weighted by molar-refractivity contribution is 5.80. The summed E-state index contributed by atoms with van der Waals surface area (Å²) < 4.78 is 7.42. The fourth-order valence-corrected chi connectivity index (χ4v) is 7.14. The third kappa shape index (κ3) is 3.06. The highest BCUT2D eigenvalue weighted by atomic mass is 16.5. The van der Waals surface area contributed by atoms with Gasteiger partial charge in [0.2, 0.25) is 5.69 Å². The number of hydrogen-bond donors (Lipinski definition) is 1. The van der Waals surface area contributed by atoms with Gasteiger partial charge in [-0.3, -0.25) is 4.52 Å². The average molecular weight is 508 g/mol. The monoisotopic (exact) mass is 507 g/mol. The van der Waals surface area contributed by atoms with Crippen molar-refractivity contribution in [1.82, 2.24) is 5.27 Å².